The Labute approximate surface area is 556 Å². The second-order valence-electron chi connectivity index (χ2n) is 20.3. The van der Waals surface area contributed by atoms with Crippen LogP contribution < -0.4 is 30.3 Å². The molecule has 0 saturated carbocycles. The van der Waals surface area contributed by atoms with Crippen molar-refractivity contribution < 1.29 is 0 Å². The summed E-state index contributed by atoms with van der Waals surface area (Å²) in [6, 6.07) is 93.0. The maximum absolute atomic E-state index is 7.20. The third-order valence-corrected chi connectivity index (χ3v) is 28.8. The maximum Gasteiger partial charge on any atom is 0.371 e. The molecular formula is C66H54Al5N7S6. The predicted molar refractivity (Wildman–Crippen MR) is 385 cm³/mol. The van der Waals surface area contributed by atoms with Gasteiger partial charge in [0.15, 0.2) is 0 Å². The van der Waals surface area contributed by atoms with E-state index in [2.05, 4.69) is 268 Å². The zero-order valence-electron chi connectivity index (χ0n) is 47.0. The van der Waals surface area contributed by atoms with Crippen LogP contribution in [0.4, 0.5) is 64.1 Å². The van der Waals surface area contributed by atoms with Crippen LogP contribution >= 0.6 is 68.0 Å². The van der Waals surface area contributed by atoms with E-state index in [1.807, 2.05) is 67.8 Å². The Kier molecular flexibility index (Phi) is 17.5. The number of nitrogens with zero attached hydrogens (tertiary/aromatic N) is 6. The summed E-state index contributed by atoms with van der Waals surface area (Å²) in [4.78, 5) is 7.23. The summed E-state index contributed by atoms with van der Waals surface area (Å²) in [6.07, 6.45) is 0. The van der Waals surface area contributed by atoms with Crippen molar-refractivity contribution in [2.45, 2.75) is 0 Å². The number of benzene rings is 7. The van der Waals surface area contributed by atoms with Gasteiger partial charge < -0.3 is 19.4 Å². The highest BCUT2D eigenvalue weighted by Gasteiger charge is 2.34. The van der Waals surface area contributed by atoms with Crippen molar-refractivity contribution in [3.8, 4) is 62.6 Å². The standard InChI is InChI=1S/C66H44N7S6.5Al.10H/c67-73(48-29-17-6-18-30-48)60-42-36-54(79-60)66-64(52-34-40-58(77-52)71-46-25-13-4-14-26-46)62(50-32-38-56(75-50)69-44-21-9-2-10-22-44)61(49-31-37-55(74-49)68-43-19-7-1-8-20-43)63(51-33-39-57(76-51)70-45-23-11-3-12-24-45)65(66)53-35-41-59(78-53)72-47-27-15-5-16-28-47;;;;;;;;;;;;;;;/h1-42H,67H2;;;;;;;;;;;;;;;/q-5;5*+1;;;;;;;;;;. The van der Waals surface area contributed by atoms with Crippen LogP contribution in [0, 0.1) is 0 Å². The van der Waals surface area contributed by atoms with E-state index in [9.17, 15) is 0 Å². The van der Waals surface area contributed by atoms with Gasteiger partial charge in [0, 0.05) is 91.1 Å². The summed E-state index contributed by atoms with van der Waals surface area (Å²) in [5, 5.41) is 8.91. The van der Waals surface area contributed by atoms with Crippen LogP contribution in [0.3, 0.4) is 0 Å². The van der Waals surface area contributed by atoms with E-state index in [4.69, 9.17) is 5.84 Å². The third kappa shape index (κ3) is 11.7. The molecule has 18 heteroatoms. The number of hydrazine groups is 1. The molecule has 7 aromatic carbocycles. The number of hydrogen-bond donors (Lipinski definition) is 1. The first-order chi connectivity index (χ1) is 41.2. The molecule has 2 N–H and O–H groups in total. The Morgan fingerprint density at radius 3 is 0.571 bits per heavy atom. The van der Waals surface area contributed by atoms with Gasteiger partial charge in [-0.2, -0.15) is 0 Å². The second kappa shape index (κ2) is 25.6. The van der Waals surface area contributed by atoms with Gasteiger partial charge in [-0.1, -0.05) is 109 Å². The fourth-order valence-corrected chi connectivity index (χ4v) is 20.5. The molecule has 0 atom stereocenters. The molecule has 0 aliphatic rings. The van der Waals surface area contributed by atoms with Crippen LogP contribution in [0.2, 0.25) is 0 Å². The lowest BCUT2D eigenvalue weighted by Gasteiger charge is -2.26. The van der Waals surface area contributed by atoms with E-state index in [-0.39, 0.29) is 0 Å². The molecule has 84 heavy (non-hydrogen) atoms. The lowest BCUT2D eigenvalue weighted by atomic mass is 9.82. The largest absolute Gasteiger partial charge is 0.433 e. The summed E-state index contributed by atoms with van der Waals surface area (Å²) in [5.74, 6) is 7.20. The molecule has 0 bridgehead atoms. The molecule has 0 fully saturated rings. The van der Waals surface area contributed by atoms with Crippen molar-refractivity contribution in [1.82, 2.24) is 0 Å². The van der Waals surface area contributed by atoms with Crippen molar-refractivity contribution >= 4 is 215 Å². The predicted octanol–water partition coefficient (Wildman–Crippen LogP) is 16.5. The van der Waals surface area contributed by atoms with Crippen molar-refractivity contribution in [1.29, 1.82) is 0 Å². The van der Waals surface area contributed by atoms with Gasteiger partial charge in [-0.25, -0.2) is 5.84 Å². The number of hydrogen-bond acceptors (Lipinski definition) is 13. The minimum absolute atomic E-state index is 0.802. The van der Waals surface area contributed by atoms with Crippen LogP contribution in [0.15, 0.2) is 255 Å². The molecular weight excluding hydrogens is 1220 g/mol. The lowest BCUT2D eigenvalue weighted by Crippen LogP contribution is -2.23. The Morgan fingerprint density at radius 2 is 0.369 bits per heavy atom. The van der Waals surface area contributed by atoms with Gasteiger partial charge in [-0.3, -0.25) is 5.01 Å². The Hall–Kier alpha value is -5.84. The average Bonchev–Trinajstić information content (AvgIpc) is 1.69. The molecule has 0 spiro atoms. The lowest BCUT2D eigenvalue weighted by molar-refractivity contribution is 1.11. The molecule has 0 amide bonds. The molecule has 6 heterocycles. The van der Waals surface area contributed by atoms with Gasteiger partial charge >= 0.3 is 82.6 Å². The molecule has 13 aromatic rings. The average molecular weight is 1270 g/mol. The molecule has 7 nitrogen and oxygen atoms in total. The summed E-state index contributed by atoms with van der Waals surface area (Å²) in [6.45, 7) is 0. The van der Waals surface area contributed by atoms with E-state index < -0.39 is 0 Å². The Balaban J connectivity index is 1.18. The van der Waals surface area contributed by atoms with Gasteiger partial charge in [0.25, 0.3) is 0 Å². The van der Waals surface area contributed by atoms with E-state index in [1.165, 1.54) is 111 Å². The van der Waals surface area contributed by atoms with Crippen LogP contribution in [0.25, 0.3) is 62.6 Å². The SMILES string of the molecule is NN(c1ccccc1)c1ccc(-c2c(-c3ccc([N]([AlH2])c4ccccc4)s3)c(-c3ccc([N]([AlH2])c4ccccc4)s3)c(-c3ccc([N]([AlH2])c4ccccc4)s3)c(-c3ccc([N]([AlH2])c4ccccc4)s3)c2-c2ccc([N]([AlH2])c3ccccc3)s2)s1. The second-order valence-corrected chi connectivity index (χ2v) is 31.1. The van der Waals surface area contributed by atoms with Crippen LogP contribution in [-0.2, 0) is 0 Å². The van der Waals surface area contributed by atoms with Crippen molar-refractivity contribution in [2.75, 3.05) is 24.4 Å². The molecule has 0 saturated heterocycles. The molecule has 13 rings (SSSR count). The first-order valence-electron chi connectivity index (χ1n) is 27.6. The van der Waals surface area contributed by atoms with Crippen LogP contribution in [0.5, 0.6) is 0 Å². The number of nitrogens with two attached hydrogens (primary N) is 1. The molecule has 6 aromatic heterocycles. The molecule has 404 valence electrons. The van der Waals surface area contributed by atoms with Gasteiger partial charge in [0.1, 0.15) is 5.00 Å². The highest BCUT2D eigenvalue weighted by Crippen LogP contribution is 2.62. The number of thiophene rings is 6. The first-order valence-corrected chi connectivity index (χ1v) is 36.9. The minimum Gasteiger partial charge on any atom is -0.433 e. The zero-order chi connectivity index (χ0) is 57.3. The first kappa shape index (κ1) is 57.2. The number of rotatable bonds is 18. The normalized spacial score (nSPS) is 11.2. The van der Waals surface area contributed by atoms with Crippen molar-refractivity contribution in [3.63, 3.8) is 0 Å². The van der Waals surface area contributed by atoms with E-state index in [0.29, 0.717) is 0 Å². The van der Waals surface area contributed by atoms with Crippen molar-refractivity contribution in [3.05, 3.63) is 255 Å². The molecule has 0 unspecified atom stereocenters. The summed E-state index contributed by atoms with van der Waals surface area (Å²) in [7, 11) is 0. The van der Waals surface area contributed by atoms with Crippen molar-refractivity contribution in [2.24, 2.45) is 5.84 Å². The summed E-state index contributed by atoms with van der Waals surface area (Å²) >= 11 is 15.3. The van der Waals surface area contributed by atoms with Gasteiger partial charge in [0.2, 0.25) is 0 Å². The summed E-state index contributed by atoms with van der Waals surface area (Å²) in [5.41, 5.74) is 14.3. The summed E-state index contributed by atoms with van der Waals surface area (Å²) < 4.78 is 12.3. The molecule has 0 aliphatic carbocycles. The van der Waals surface area contributed by atoms with E-state index in [1.54, 1.807) is 11.3 Å². The van der Waals surface area contributed by atoms with Gasteiger partial charge in [-0.05, 0) is 146 Å². The van der Waals surface area contributed by atoms with Crippen LogP contribution in [-0.4, -0.2) is 82.6 Å². The smallest absolute Gasteiger partial charge is 0.371 e. The molecule has 0 radical (unpaired) electrons. The van der Waals surface area contributed by atoms with Crippen LogP contribution in [0.1, 0.15) is 0 Å². The quantitative estimate of drug-likeness (QED) is 0.0522. The van der Waals surface area contributed by atoms with Gasteiger partial charge in [-0.15, -0.1) is 68.0 Å². The minimum atomic E-state index is 0.802. The monoisotopic (exact) mass is 1270 g/mol. The van der Waals surface area contributed by atoms with E-state index >= 15 is 0 Å². The fraction of sp³-hybridized carbons (Fsp3) is 0. The Bertz CT molecular complexity index is 3610. The van der Waals surface area contributed by atoms with Gasteiger partial charge in [0.05, 0.1) is 30.7 Å². The topological polar surface area (TPSA) is 45.5 Å². The molecule has 0 aliphatic heterocycles. The third-order valence-electron chi connectivity index (χ3n) is 15.2. The number of para-hydroxylation sites is 6. The zero-order valence-corrected chi connectivity index (χ0v) is 61.9. The highest BCUT2D eigenvalue weighted by molar-refractivity contribution is 7.23. The number of anilines is 12. The fourth-order valence-electron chi connectivity index (χ4n) is 10.6. The highest BCUT2D eigenvalue weighted by atomic mass is 32.1. The Morgan fingerprint density at radius 1 is 0.202 bits per heavy atom. The maximum atomic E-state index is 7.20. The van der Waals surface area contributed by atoms with E-state index in [0.717, 1.165) is 98.1 Å².